The number of carbonyl (C=O) groups is 1. The first kappa shape index (κ1) is 23.4. The summed E-state index contributed by atoms with van der Waals surface area (Å²) >= 11 is 0. The minimum Gasteiger partial charge on any atom is -0.469 e. The van der Waals surface area contributed by atoms with Gasteiger partial charge in [-0.3, -0.25) is 4.79 Å². The predicted octanol–water partition coefficient (Wildman–Crippen LogP) is 4.59. The Labute approximate surface area is 149 Å². The fourth-order valence-electron chi connectivity index (χ4n) is 3.26. The third-order valence-electron chi connectivity index (χ3n) is 5.07. The summed E-state index contributed by atoms with van der Waals surface area (Å²) in [6.45, 7) is 11.5. The van der Waals surface area contributed by atoms with Crippen LogP contribution in [0.1, 0.15) is 79.6 Å². The fourth-order valence-corrected chi connectivity index (χ4v) is 3.26. The molecule has 144 valence electrons. The van der Waals surface area contributed by atoms with Crippen molar-refractivity contribution in [3.63, 3.8) is 0 Å². The lowest BCUT2D eigenvalue weighted by molar-refractivity contribution is -0.155. The minimum absolute atomic E-state index is 0.240. The van der Waals surface area contributed by atoms with E-state index in [0.29, 0.717) is 24.9 Å². The Balaban J connectivity index is 4.45. The Hall–Kier alpha value is -0.610. The van der Waals surface area contributed by atoms with E-state index >= 15 is 0 Å². The molecule has 0 aromatic rings. The maximum Gasteiger partial charge on any atom is 0.311 e. The van der Waals surface area contributed by atoms with Gasteiger partial charge < -0.3 is 14.6 Å². The minimum atomic E-state index is -0.653. The van der Waals surface area contributed by atoms with Crippen LogP contribution in [-0.2, 0) is 14.3 Å². The van der Waals surface area contributed by atoms with Gasteiger partial charge in [-0.15, -0.1) is 0 Å². The van der Waals surface area contributed by atoms with Gasteiger partial charge in [0.1, 0.15) is 0 Å². The van der Waals surface area contributed by atoms with Crippen molar-refractivity contribution in [2.75, 3.05) is 20.3 Å². The molecule has 1 N–H and O–H groups in total. The SMILES string of the molecule is CCCCC(CC)COCC(O)CC(C)(CC(C)CC)C(=O)OC. The molecule has 0 rings (SSSR count). The van der Waals surface area contributed by atoms with Crippen molar-refractivity contribution in [2.24, 2.45) is 17.3 Å². The van der Waals surface area contributed by atoms with Gasteiger partial charge in [0.05, 0.1) is 25.2 Å². The highest BCUT2D eigenvalue weighted by Gasteiger charge is 2.37. The molecule has 0 saturated carbocycles. The molecule has 0 bridgehead atoms. The van der Waals surface area contributed by atoms with E-state index in [1.807, 2.05) is 6.92 Å². The van der Waals surface area contributed by atoms with Gasteiger partial charge in [-0.2, -0.15) is 0 Å². The van der Waals surface area contributed by atoms with Crippen LogP contribution in [0.25, 0.3) is 0 Å². The molecule has 0 saturated heterocycles. The Morgan fingerprint density at radius 2 is 1.79 bits per heavy atom. The molecule has 0 aromatic heterocycles. The number of hydrogen-bond donors (Lipinski definition) is 1. The maximum atomic E-state index is 12.2. The van der Waals surface area contributed by atoms with Crippen molar-refractivity contribution in [3.8, 4) is 0 Å². The van der Waals surface area contributed by atoms with E-state index in [2.05, 4.69) is 27.7 Å². The first-order valence-corrected chi connectivity index (χ1v) is 9.67. The highest BCUT2D eigenvalue weighted by atomic mass is 16.5. The van der Waals surface area contributed by atoms with E-state index in [1.54, 1.807) is 0 Å². The quantitative estimate of drug-likeness (QED) is 0.468. The first-order chi connectivity index (χ1) is 11.3. The molecule has 0 aliphatic carbocycles. The Kier molecular flexibility index (Phi) is 12.4. The molecule has 0 aliphatic heterocycles. The number of unbranched alkanes of at least 4 members (excludes halogenated alkanes) is 1. The van der Waals surface area contributed by atoms with E-state index in [1.165, 1.54) is 26.4 Å². The lowest BCUT2D eigenvalue weighted by atomic mass is 9.76. The molecule has 0 radical (unpaired) electrons. The van der Waals surface area contributed by atoms with Gasteiger partial charge in [0.15, 0.2) is 0 Å². The van der Waals surface area contributed by atoms with E-state index < -0.39 is 11.5 Å². The topological polar surface area (TPSA) is 55.8 Å². The van der Waals surface area contributed by atoms with Gasteiger partial charge in [0, 0.05) is 6.61 Å². The standard InChI is InChI=1S/C20H40O4/c1-7-10-11-17(9-3)14-24-15-18(21)13-20(5,19(22)23-6)12-16(4)8-2/h16-18,21H,7-15H2,1-6H3. The third kappa shape index (κ3) is 9.03. The van der Waals surface area contributed by atoms with Crippen LogP contribution in [0.2, 0.25) is 0 Å². The van der Waals surface area contributed by atoms with E-state index in [-0.39, 0.29) is 12.6 Å². The summed E-state index contributed by atoms with van der Waals surface area (Å²) in [6, 6.07) is 0. The van der Waals surface area contributed by atoms with Gasteiger partial charge in [-0.25, -0.2) is 0 Å². The Morgan fingerprint density at radius 3 is 2.29 bits per heavy atom. The summed E-state index contributed by atoms with van der Waals surface area (Å²) in [5, 5.41) is 10.3. The fraction of sp³-hybridized carbons (Fsp3) is 0.950. The van der Waals surface area contributed by atoms with Gasteiger partial charge >= 0.3 is 5.97 Å². The monoisotopic (exact) mass is 344 g/mol. The van der Waals surface area contributed by atoms with Crippen LogP contribution in [0.5, 0.6) is 0 Å². The van der Waals surface area contributed by atoms with Gasteiger partial charge in [-0.1, -0.05) is 53.4 Å². The summed E-state index contributed by atoms with van der Waals surface area (Å²) in [5.41, 5.74) is -0.653. The van der Waals surface area contributed by atoms with E-state index in [0.717, 1.165) is 19.3 Å². The molecule has 0 heterocycles. The second-order valence-corrected chi connectivity index (χ2v) is 7.58. The highest BCUT2D eigenvalue weighted by Crippen LogP contribution is 2.34. The molecule has 4 atom stereocenters. The zero-order chi connectivity index (χ0) is 18.6. The number of ether oxygens (including phenoxy) is 2. The predicted molar refractivity (Wildman–Crippen MR) is 98.9 cm³/mol. The van der Waals surface area contributed by atoms with Crippen molar-refractivity contribution in [1.29, 1.82) is 0 Å². The molecule has 0 fully saturated rings. The summed E-state index contributed by atoms with van der Waals surface area (Å²) in [7, 11) is 1.42. The summed E-state index contributed by atoms with van der Waals surface area (Å²) in [5.74, 6) is 0.737. The van der Waals surface area contributed by atoms with Gasteiger partial charge in [0.2, 0.25) is 0 Å². The summed E-state index contributed by atoms with van der Waals surface area (Å²) < 4.78 is 10.7. The zero-order valence-electron chi connectivity index (χ0n) is 16.8. The molecule has 4 heteroatoms. The normalized spacial score (nSPS) is 17.8. The smallest absolute Gasteiger partial charge is 0.311 e. The molecule has 4 unspecified atom stereocenters. The van der Waals surface area contributed by atoms with Crippen LogP contribution < -0.4 is 0 Å². The van der Waals surface area contributed by atoms with Crippen LogP contribution in [0, 0.1) is 17.3 Å². The zero-order valence-corrected chi connectivity index (χ0v) is 16.8. The molecule has 0 aromatic carbocycles. The average Bonchev–Trinajstić information content (AvgIpc) is 2.56. The van der Waals surface area contributed by atoms with Crippen molar-refractivity contribution >= 4 is 5.97 Å². The highest BCUT2D eigenvalue weighted by molar-refractivity contribution is 5.76. The van der Waals surface area contributed by atoms with E-state index in [9.17, 15) is 9.90 Å². The van der Waals surface area contributed by atoms with Crippen LogP contribution in [-0.4, -0.2) is 37.5 Å². The van der Waals surface area contributed by atoms with Crippen LogP contribution in [0.4, 0.5) is 0 Å². The van der Waals surface area contributed by atoms with Crippen LogP contribution in [0.15, 0.2) is 0 Å². The average molecular weight is 345 g/mol. The lowest BCUT2D eigenvalue weighted by Crippen LogP contribution is -2.36. The second kappa shape index (κ2) is 12.7. The summed E-state index contributed by atoms with van der Waals surface area (Å²) in [6.07, 6.45) is 6.18. The van der Waals surface area contributed by atoms with Gasteiger partial charge in [-0.05, 0) is 38.0 Å². The Bertz CT molecular complexity index is 332. The molecular formula is C20H40O4. The number of aliphatic hydroxyl groups is 1. The number of methoxy groups -OCH3 is 1. The first-order valence-electron chi connectivity index (χ1n) is 9.67. The van der Waals surface area contributed by atoms with Crippen LogP contribution in [0.3, 0.4) is 0 Å². The summed E-state index contributed by atoms with van der Waals surface area (Å²) in [4.78, 5) is 12.2. The molecular weight excluding hydrogens is 304 g/mol. The molecule has 4 nitrogen and oxygen atoms in total. The van der Waals surface area contributed by atoms with Crippen molar-refractivity contribution in [3.05, 3.63) is 0 Å². The molecule has 24 heavy (non-hydrogen) atoms. The van der Waals surface area contributed by atoms with Crippen molar-refractivity contribution in [1.82, 2.24) is 0 Å². The number of esters is 1. The van der Waals surface area contributed by atoms with Gasteiger partial charge in [0.25, 0.3) is 0 Å². The number of carbonyl (C=O) groups excluding carboxylic acids is 1. The number of hydrogen-bond acceptors (Lipinski definition) is 4. The third-order valence-corrected chi connectivity index (χ3v) is 5.07. The lowest BCUT2D eigenvalue weighted by Gasteiger charge is -2.31. The molecule has 0 amide bonds. The van der Waals surface area contributed by atoms with Crippen molar-refractivity contribution in [2.45, 2.75) is 85.7 Å². The van der Waals surface area contributed by atoms with E-state index in [4.69, 9.17) is 9.47 Å². The molecule has 0 aliphatic rings. The molecule has 0 spiro atoms. The second-order valence-electron chi connectivity index (χ2n) is 7.58. The van der Waals surface area contributed by atoms with Crippen LogP contribution >= 0.6 is 0 Å². The largest absolute Gasteiger partial charge is 0.469 e. The van der Waals surface area contributed by atoms with Crippen molar-refractivity contribution < 1.29 is 19.4 Å². The number of aliphatic hydroxyl groups excluding tert-OH is 1. The number of rotatable bonds is 14. The maximum absolute atomic E-state index is 12.2. The Morgan fingerprint density at radius 1 is 1.12 bits per heavy atom.